The maximum atomic E-state index is 13.1. The minimum absolute atomic E-state index is 0.279. The highest BCUT2D eigenvalue weighted by Crippen LogP contribution is 2.37. The number of anilines is 2. The summed E-state index contributed by atoms with van der Waals surface area (Å²) in [6.07, 6.45) is 1.81. The number of nitrogens with zero attached hydrogens (tertiary/aromatic N) is 2. The number of thiocarbonyl (C=S) groups is 1. The molecule has 0 aliphatic rings. The van der Waals surface area contributed by atoms with E-state index < -0.39 is 5.97 Å². The molecule has 0 fully saturated rings. The summed E-state index contributed by atoms with van der Waals surface area (Å²) in [5.74, 6) is -0.208. The molecule has 32 heavy (non-hydrogen) atoms. The molecule has 0 radical (unpaired) electrons. The van der Waals surface area contributed by atoms with Gasteiger partial charge in [-0.2, -0.15) is 5.10 Å². The molecular weight excluding hydrogens is 539 g/mol. The van der Waals surface area contributed by atoms with Crippen molar-refractivity contribution in [2.45, 2.75) is 6.54 Å². The van der Waals surface area contributed by atoms with E-state index in [9.17, 15) is 9.18 Å². The predicted molar refractivity (Wildman–Crippen MR) is 133 cm³/mol. The van der Waals surface area contributed by atoms with Crippen LogP contribution < -0.4 is 10.6 Å². The van der Waals surface area contributed by atoms with Crippen LogP contribution in [0.2, 0.25) is 5.02 Å². The van der Waals surface area contributed by atoms with Crippen LogP contribution in [0, 0.1) is 5.82 Å². The molecule has 0 atom stereocenters. The smallest absolute Gasteiger partial charge is 0.349 e. The maximum Gasteiger partial charge on any atom is 0.349 e. The number of esters is 1. The molecule has 6 nitrogen and oxygen atoms in total. The summed E-state index contributed by atoms with van der Waals surface area (Å²) in [7, 11) is 1.32. The van der Waals surface area contributed by atoms with Crippen LogP contribution in [0.4, 0.5) is 15.9 Å². The number of hydrogen-bond acceptors (Lipinski definition) is 5. The molecule has 11 heteroatoms. The number of methoxy groups -OCH3 is 1. The second-order valence-electron chi connectivity index (χ2n) is 6.68. The number of aromatic nitrogens is 2. The van der Waals surface area contributed by atoms with Gasteiger partial charge in [-0.15, -0.1) is 11.3 Å². The predicted octanol–water partition coefficient (Wildman–Crippen LogP) is 6.30. The van der Waals surface area contributed by atoms with E-state index in [1.54, 1.807) is 16.8 Å². The number of ether oxygens (including phenoxy) is 1. The molecule has 2 aromatic carbocycles. The van der Waals surface area contributed by atoms with E-state index in [1.165, 1.54) is 30.6 Å². The lowest BCUT2D eigenvalue weighted by atomic mass is 10.2. The average molecular weight is 554 g/mol. The van der Waals surface area contributed by atoms with Gasteiger partial charge in [0, 0.05) is 22.0 Å². The average Bonchev–Trinajstić information content (AvgIpc) is 3.27. The summed E-state index contributed by atoms with van der Waals surface area (Å²) in [6.45, 7) is 0.485. The van der Waals surface area contributed by atoms with Crippen molar-refractivity contribution in [1.82, 2.24) is 9.78 Å². The summed E-state index contributed by atoms with van der Waals surface area (Å²) in [6, 6.07) is 11.7. The van der Waals surface area contributed by atoms with Crippen molar-refractivity contribution in [3.8, 4) is 0 Å². The molecule has 164 valence electrons. The number of fused-ring (bicyclic) bond motifs is 1. The van der Waals surface area contributed by atoms with Gasteiger partial charge in [0.15, 0.2) is 10.9 Å². The van der Waals surface area contributed by atoms with Crippen molar-refractivity contribution < 1.29 is 13.9 Å². The number of nitrogens with one attached hydrogen (secondary N) is 2. The fraction of sp³-hybridized carbons (Fsp3) is 0.0952. The Labute approximate surface area is 205 Å². The molecule has 0 spiro atoms. The molecule has 0 aliphatic carbocycles. The van der Waals surface area contributed by atoms with Crippen molar-refractivity contribution in [1.29, 1.82) is 0 Å². The maximum absolute atomic E-state index is 13.1. The van der Waals surface area contributed by atoms with Gasteiger partial charge < -0.3 is 15.4 Å². The highest BCUT2D eigenvalue weighted by atomic mass is 79.9. The van der Waals surface area contributed by atoms with E-state index in [0.29, 0.717) is 27.4 Å². The number of hydrogen-bond donors (Lipinski definition) is 2. The zero-order valence-corrected chi connectivity index (χ0v) is 20.5. The Balaban J connectivity index is 1.45. The third-order valence-corrected chi connectivity index (χ3v) is 6.89. The zero-order chi connectivity index (χ0) is 22.8. The van der Waals surface area contributed by atoms with E-state index in [0.717, 1.165) is 25.8 Å². The molecule has 2 heterocycles. The van der Waals surface area contributed by atoms with Gasteiger partial charge in [0.05, 0.1) is 23.1 Å². The molecule has 0 aliphatic heterocycles. The standard InChI is InChI=1S/C21H15BrClFN4O2S2/c1-30-20(29)18-17(23)14-7-6-13(8-16(14)32-18)25-21(31)26-19-15(22)10-28(27-19)9-11-2-4-12(24)5-3-11/h2-8,10H,9H2,1H3,(H2,25,26,27,31). The largest absolute Gasteiger partial charge is 0.465 e. The summed E-state index contributed by atoms with van der Waals surface area (Å²) in [5.41, 5.74) is 1.65. The highest BCUT2D eigenvalue weighted by molar-refractivity contribution is 9.10. The number of halogens is 3. The highest BCUT2D eigenvalue weighted by Gasteiger charge is 2.18. The van der Waals surface area contributed by atoms with Crippen LogP contribution in [0.1, 0.15) is 15.2 Å². The molecule has 0 saturated heterocycles. The number of rotatable bonds is 5. The summed E-state index contributed by atoms with van der Waals surface area (Å²) in [5, 5.41) is 12.1. The number of carbonyl (C=O) groups excluding carboxylic acids is 1. The Morgan fingerprint density at radius 2 is 2.03 bits per heavy atom. The van der Waals surface area contributed by atoms with Crippen LogP contribution in [-0.4, -0.2) is 28.0 Å². The van der Waals surface area contributed by atoms with E-state index in [2.05, 4.69) is 31.7 Å². The zero-order valence-electron chi connectivity index (χ0n) is 16.5. The first-order chi connectivity index (χ1) is 15.3. The molecule has 2 N–H and O–H groups in total. The first kappa shape index (κ1) is 22.7. The first-order valence-corrected chi connectivity index (χ1v) is 11.6. The van der Waals surface area contributed by atoms with E-state index in [1.807, 2.05) is 24.4 Å². The normalized spacial score (nSPS) is 10.9. The van der Waals surface area contributed by atoms with Gasteiger partial charge in [-0.1, -0.05) is 23.7 Å². The Bertz CT molecular complexity index is 1320. The minimum atomic E-state index is -0.469. The van der Waals surface area contributed by atoms with Crippen LogP contribution >= 0.6 is 51.1 Å². The topological polar surface area (TPSA) is 68.2 Å². The number of benzene rings is 2. The van der Waals surface area contributed by atoms with E-state index in [4.69, 9.17) is 28.6 Å². The lowest BCUT2D eigenvalue weighted by molar-refractivity contribution is 0.0606. The van der Waals surface area contributed by atoms with Gasteiger partial charge in [0.25, 0.3) is 0 Å². The Hall–Kier alpha value is -2.53. The monoisotopic (exact) mass is 552 g/mol. The fourth-order valence-electron chi connectivity index (χ4n) is 2.98. The van der Waals surface area contributed by atoms with E-state index in [-0.39, 0.29) is 5.82 Å². The van der Waals surface area contributed by atoms with Gasteiger partial charge in [-0.05, 0) is 64.0 Å². The fourth-order valence-corrected chi connectivity index (χ4v) is 5.07. The van der Waals surface area contributed by atoms with Crippen molar-refractivity contribution in [3.63, 3.8) is 0 Å². The van der Waals surface area contributed by atoms with Gasteiger partial charge in [0.1, 0.15) is 10.7 Å². The third kappa shape index (κ3) is 4.93. The molecule has 0 bridgehead atoms. The lowest BCUT2D eigenvalue weighted by Crippen LogP contribution is -2.19. The Morgan fingerprint density at radius 3 is 2.75 bits per heavy atom. The second-order valence-corrected chi connectivity index (χ2v) is 9.37. The SMILES string of the molecule is COC(=O)c1sc2cc(NC(=S)Nc3nn(Cc4ccc(F)cc4)cc3Br)ccc2c1Cl. The second kappa shape index (κ2) is 9.53. The van der Waals surface area contributed by atoms with Crippen LogP contribution in [0.15, 0.2) is 53.1 Å². The number of carbonyl (C=O) groups is 1. The Morgan fingerprint density at radius 1 is 1.28 bits per heavy atom. The van der Waals surface area contributed by atoms with Gasteiger partial charge in [-0.3, -0.25) is 4.68 Å². The molecular formula is C21H15BrClFN4O2S2. The minimum Gasteiger partial charge on any atom is -0.465 e. The Kier molecular flexibility index (Phi) is 6.75. The van der Waals surface area contributed by atoms with E-state index >= 15 is 0 Å². The summed E-state index contributed by atoms with van der Waals surface area (Å²) in [4.78, 5) is 12.2. The first-order valence-electron chi connectivity index (χ1n) is 9.20. The van der Waals surface area contributed by atoms with Crippen LogP contribution in [0.3, 0.4) is 0 Å². The molecule has 4 rings (SSSR count). The van der Waals surface area contributed by atoms with Crippen molar-refractivity contribution in [2.75, 3.05) is 17.7 Å². The molecule has 0 amide bonds. The molecule has 2 aromatic heterocycles. The molecule has 0 saturated carbocycles. The lowest BCUT2D eigenvalue weighted by Gasteiger charge is -2.09. The quantitative estimate of drug-likeness (QED) is 0.223. The van der Waals surface area contributed by atoms with Crippen LogP contribution in [0.5, 0.6) is 0 Å². The summed E-state index contributed by atoms with van der Waals surface area (Å²) >= 11 is 16.4. The van der Waals surface area contributed by atoms with Gasteiger partial charge in [-0.25, -0.2) is 9.18 Å². The van der Waals surface area contributed by atoms with Gasteiger partial charge >= 0.3 is 5.97 Å². The van der Waals surface area contributed by atoms with Crippen molar-refractivity contribution >= 4 is 83.8 Å². The third-order valence-electron chi connectivity index (χ3n) is 4.46. The van der Waals surface area contributed by atoms with Crippen molar-refractivity contribution in [2.24, 2.45) is 0 Å². The molecule has 0 unspecified atom stereocenters. The van der Waals surface area contributed by atoms with Crippen LogP contribution in [-0.2, 0) is 11.3 Å². The van der Waals surface area contributed by atoms with Gasteiger partial charge in [0.2, 0.25) is 0 Å². The molecule has 4 aromatic rings. The number of thiophene rings is 1. The van der Waals surface area contributed by atoms with Crippen molar-refractivity contribution in [3.05, 3.63) is 74.4 Å². The summed E-state index contributed by atoms with van der Waals surface area (Å²) < 4.78 is 21.1. The van der Waals surface area contributed by atoms with Crippen LogP contribution in [0.25, 0.3) is 10.1 Å².